The van der Waals surface area contributed by atoms with Gasteiger partial charge in [0.15, 0.2) is 11.5 Å². The largest absolute Gasteiger partial charge is 0.496 e. The third-order valence-electron chi connectivity index (χ3n) is 4.00. The van der Waals surface area contributed by atoms with Crippen LogP contribution in [0.1, 0.15) is 23.7 Å². The van der Waals surface area contributed by atoms with Crippen LogP contribution in [0.15, 0.2) is 42.5 Å². The Morgan fingerprint density at radius 1 is 1.12 bits per heavy atom. The molecule has 3 rings (SSSR count). The standard InChI is InChI=1S/C19H23NO4.ClH/c1-22-17-8-3-2-7-15(17)16(21)13-20-12-14-6-4-9-18-19(14)24-11-5-10-23-18;/h2-4,6-9,16,20-21H,5,10-13H2,1H3;1H. The summed E-state index contributed by atoms with van der Waals surface area (Å²) in [4.78, 5) is 0. The van der Waals surface area contributed by atoms with Crippen molar-refractivity contribution >= 4 is 12.4 Å². The third kappa shape index (κ3) is 4.78. The summed E-state index contributed by atoms with van der Waals surface area (Å²) in [5.41, 5.74) is 1.81. The number of halogens is 1. The van der Waals surface area contributed by atoms with Crippen molar-refractivity contribution in [3.05, 3.63) is 53.6 Å². The predicted molar refractivity (Wildman–Crippen MR) is 99.0 cm³/mol. The Hall–Kier alpha value is -1.95. The molecule has 1 aliphatic heterocycles. The summed E-state index contributed by atoms with van der Waals surface area (Å²) < 4.78 is 16.8. The van der Waals surface area contributed by atoms with Gasteiger partial charge < -0.3 is 24.6 Å². The third-order valence-corrected chi connectivity index (χ3v) is 4.00. The van der Waals surface area contributed by atoms with Gasteiger partial charge in [0, 0.05) is 30.6 Å². The van der Waals surface area contributed by atoms with E-state index in [4.69, 9.17) is 14.2 Å². The highest BCUT2D eigenvalue weighted by Crippen LogP contribution is 2.33. The van der Waals surface area contributed by atoms with Gasteiger partial charge in [-0.3, -0.25) is 0 Å². The van der Waals surface area contributed by atoms with Gasteiger partial charge >= 0.3 is 0 Å². The van der Waals surface area contributed by atoms with Gasteiger partial charge in [0.1, 0.15) is 5.75 Å². The van der Waals surface area contributed by atoms with Crippen molar-refractivity contribution in [2.45, 2.75) is 19.1 Å². The van der Waals surface area contributed by atoms with Crippen LogP contribution in [-0.4, -0.2) is 32.0 Å². The molecule has 0 bridgehead atoms. The Morgan fingerprint density at radius 2 is 1.92 bits per heavy atom. The molecule has 0 aliphatic carbocycles. The molecule has 1 unspecified atom stereocenters. The molecule has 25 heavy (non-hydrogen) atoms. The number of aliphatic hydroxyl groups excluding tert-OH is 1. The SMILES string of the molecule is COc1ccccc1C(O)CNCc1cccc2c1OCCCO2.Cl. The van der Waals surface area contributed by atoms with E-state index in [0.29, 0.717) is 32.1 Å². The first kappa shape index (κ1) is 19.4. The number of fused-ring (bicyclic) bond motifs is 1. The van der Waals surface area contributed by atoms with E-state index in [1.165, 1.54) is 0 Å². The van der Waals surface area contributed by atoms with Crippen molar-refractivity contribution < 1.29 is 19.3 Å². The Balaban J connectivity index is 0.00000225. The van der Waals surface area contributed by atoms with Crippen LogP contribution in [0.4, 0.5) is 0 Å². The summed E-state index contributed by atoms with van der Waals surface area (Å²) in [5, 5.41) is 13.7. The molecule has 6 heteroatoms. The average Bonchev–Trinajstić information content (AvgIpc) is 2.87. The fraction of sp³-hybridized carbons (Fsp3) is 0.368. The zero-order valence-corrected chi connectivity index (χ0v) is 15.1. The number of aliphatic hydroxyl groups is 1. The molecule has 1 heterocycles. The maximum absolute atomic E-state index is 10.4. The smallest absolute Gasteiger partial charge is 0.165 e. The van der Waals surface area contributed by atoms with Crippen LogP contribution < -0.4 is 19.5 Å². The molecule has 2 N–H and O–H groups in total. The normalized spacial score (nSPS) is 14.2. The highest BCUT2D eigenvalue weighted by molar-refractivity contribution is 5.85. The summed E-state index contributed by atoms with van der Waals surface area (Å²) in [6.07, 6.45) is 0.245. The van der Waals surface area contributed by atoms with Gasteiger partial charge in [-0.25, -0.2) is 0 Å². The van der Waals surface area contributed by atoms with Gasteiger partial charge in [-0.2, -0.15) is 0 Å². The molecule has 1 aliphatic rings. The van der Waals surface area contributed by atoms with Crippen molar-refractivity contribution in [1.29, 1.82) is 0 Å². The van der Waals surface area contributed by atoms with Crippen LogP contribution in [-0.2, 0) is 6.54 Å². The van der Waals surface area contributed by atoms with Crippen LogP contribution >= 0.6 is 12.4 Å². The van der Waals surface area contributed by atoms with Crippen molar-refractivity contribution in [3.63, 3.8) is 0 Å². The number of nitrogens with one attached hydrogen (secondary N) is 1. The predicted octanol–water partition coefficient (Wildman–Crippen LogP) is 3.10. The Labute approximate surface area is 154 Å². The molecule has 136 valence electrons. The van der Waals surface area contributed by atoms with Crippen LogP contribution in [0.3, 0.4) is 0 Å². The van der Waals surface area contributed by atoms with E-state index in [0.717, 1.165) is 29.0 Å². The topological polar surface area (TPSA) is 60.0 Å². The second kappa shape index (κ2) is 9.51. The quantitative estimate of drug-likeness (QED) is 0.823. The van der Waals surface area contributed by atoms with Gasteiger partial charge in [0.2, 0.25) is 0 Å². The number of rotatable bonds is 6. The number of hydrogen-bond acceptors (Lipinski definition) is 5. The van der Waals surface area contributed by atoms with E-state index in [-0.39, 0.29) is 12.4 Å². The van der Waals surface area contributed by atoms with Crippen LogP contribution in [0.5, 0.6) is 17.2 Å². The van der Waals surface area contributed by atoms with E-state index < -0.39 is 6.10 Å². The lowest BCUT2D eigenvalue weighted by atomic mass is 10.1. The second-order valence-electron chi connectivity index (χ2n) is 5.68. The maximum Gasteiger partial charge on any atom is 0.165 e. The fourth-order valence-corrected chi connectivity index (χ4v) is 2.79. The van der Waals surface area contributed by atoms with Gasteiger partial charge in [0.25, 0.3) is 0 Å². The highest BCUT2D eigenvalue weighted by Gasteiger charge is 2.16. The molecule has 0 radical (unpaired) electrons. The molecule has 0 amide bonds. The van der Waals surface area contributed by atoms with Gasteiger partial charge in [-0.1, -0.05) is 30.3 Å². The molecule has 0 spiro atoms. The lowest BCUT2D eigenvalue weighted by molar-refractivity contribution is 0.170. The lowest BCUT2D eigenvalue weighted by Crippen LogP contribution is -2.21. The van der Waals surface area contributed by atoms with Crippen molar-refractivity contribution in [2.24, 2.45) is 0 Å². The van der Waals surface area contributed by atoms with E-state index in [1.807, 2.05) is 42.5 Å². The fourth-order valence-electron chi connectivity index (χ4n) is 2.79. The lowest BCUT2D eigenvalue weighted by Gasteiger charge is -2.17. The first-order valence-electron chi connectivity index (χ1n) is 8.19. The molecule has 2 aromatic carbocycles. The van der Waals surface area contributed by atoms with Crippen LogP contribution in [0.25, 0.3) is 0 Å². The minimum atomic E-state index is -0.638. The van der Waals surface area contributed by atoms with Gasteiger partial charge in [-0.05, 0) is 12.1 Å². The Morgan fingerprint density at radius 3 is 2.76 bits per heavy atom. The van der Waals surface area contributed by atoms with E-state index >= 15 is 0 Å². The van der Waals surface area contributed by atoms with E-state index in [9.17, 15) is 5.11 Å². The van der Waals surface area contributed by atoms with Crippen LogP contribution in [0, 0.1) is 0 Å². The number of para-hydroxylation sites is 2. The summed E-state index contributed by atoms with van der Waals surface area (Å²) in [6.45, 7) is 2.36. The zero-order valence-electron chi connectivity index (χ0n) is 14.2. The van der Waals surface area contributed by atoms with E-state index in [2.05, 4.69) is 5.32 Å². The van der Waals surface area contributed by atoms with Crippen LogP contribution in [0.2, 0.25) is 0 Å². The number of hydrogen-bond donors (Lipinski definition) is 2. The second-order valence-corrected chi connectivity index (χ2v) is 5.68. The molecule has 0 saturated heterocycles. The van der Waals surface area contributed by atoms with E-state index in [1.54, 1.807) is 7.11 Å². The highest BCUT2D eigenvalue weighted by atomic mass is 35.5. The summed E-state index contributed by atoms with van der Waals surface area (Å²) in [7, 11) is 1.61. The maximum atomic E-state index is 10.4. The van der Waals surface area contributed by atoms with Gasteiger partial charge in [-0.15, -0.1) is 12.4 Å². The summed E-state index contributed by atoms with van der Waals surface area (Å²) in [5.74, 6) is 2.28. The van der Waals surface area contributed by atoms with Crippen molar-refractivity contribution in [1.82, 2.24) is 5.32 Å². The van der Waals surface area contributed by atoms with Crippen molar-refractivity contribution in [3.8, 4) is 17.2 Å². The molecular weight excluding hydrogens is 342 g/mol. The summed E-state index contributed by atoms with van der Waals surface area (Å²) in [6, 6.07) is 13.4. The average molecular weight is 366 g/mol. The zero-order chi connectivity index (χ0) is 16.8. The minimum absolute atomic E-state index is 0. The first-order chi connectivity index (χ1) is 11.8. The number of benzene rings is 2. The first-order valence-corrected chi connectivity index (χ1v) is 8.19. The minimum Gasteiger partial charge on any atom is -0.496 e. The monoisotopic (exact) mass is 365 g/mol. The Bertz CT molecular complexity index is 680. The molecule has 2 aromatic rings. The number of methoxy groups -OCH3 is 1. The Kier molecular flexibility index (Phi) is 7.37. The summed E-state index contributed by atoms with van der Waals surface area (Å²) >= 11 is 0. The van der Waals surface area contributed by atoms with Crippen molar-refractivity contribution in [2.75, 3.05) is 26.9 Å². The molecule has 0 aromatic heterocycles. The number of ether oxygens (including phenoxy) is 3. The molecule has 0 fully saturated rings. The molecule has 0 saturated carbocycles. The molecule has 1 atom stereocenters. The molecule has 5 nitrogen and oxygen atoms in total. The van der Waals surface area contributed by atoms with Gasteiger partial charge in [0.05, 0.1) is 26.4 Å². The molecular formula is C19H24ClNO4.